The van der Waals surface area contributed by atoms with Gasteiger partial charge in [-0.25, -0.2) is 0 Å². The maximum atomic E-state index is 4.86. The number of halogens is 1. The number of nitrogens with one attached hydrogen (secondary N) is 1. The van der Waals surface area contributed by atoms with E-state index in [1.165, 1.54) is 16.6 Å². The van der Waals surface area contributed by atoms with Gasteiger partial charge in [-0.3, -0.25) is 4.98 Å². The van der Waals surface area contributed by atoms with Gasteiger partial charge in [-0.2, -0.15) is 0 Å². The molecule has 0 fully saturated rings. The number of anilines is 1. The van der Waals surface area contributed by atoms with E-state index >= 15 is 0 Å². The third kappa shape index (κ3) is 2.76. The summed E-state index contributed by atoms with van der Waals surface area (Å²) in [4.78, 5) is 4.86. The molecule has 1 aromatic carbocycles. The highest BCUT2D eigenvalue weighted by molar-refractivity contribution is 9.10. The molecule has 0 bridgehead atoms. The van der Waals surface area contributed by atoms with E-state index in [-0.39, 0.29) is 5.41 Å². The van der Waals surface area contributed by atoms with Crippen LogP contribution in [0.5, 0.6) is 0 Å². The maximum Gasteiger partial charge on any atom is 0.0870 e. The van der Waals surface area contributed by atoms with Crippen molar-refractivity contribution in [2.45, 2.75) is 40.0 Å². The molecule has 0 aliphatic carbocycles. The van der Waals surface area contributed by atoms with Gasteiger partial charge >= 0.3 is 0 Å². The lowest BCUT2D eigenvalue weighted by Gasteiger charge is -2.21. The molecule has 0 saturated heterocycles. The summed E-state index contributed by atoms with van der Waals surface area (Å²) >= 11 is 3.63. The molecule has 2 rings (SSSR count). The molecule has 2 nitrogen and oxygen atoms in total. The molecule has 0 unspecified atom stereocenters. The Morgan fingerprint density at radius 1 is 1.26 bits per heavy atom. The van der Waals surface area contributed by atoms with E-state index in [4.69, 9.17) is 4.98 Å². The number of pyridine rings is 1. The van der Waals surface area contributed by atoms with Gasteiger partial charge in [0.2, 0.25) is 0 Å². The van der Waals surface area contributed by atoms with Crippen LogP contribution in [0.15, 0.2) is 22.7 Å². The molecule has 0 aliphatic heterocycles. The zero-order chi connectivity index (χ0) is 14.2. The van der Waals surface area contributed by atoms with Gasteiger partial charge in [0.05, 0.1) is 5.52 Å². The van der Waals surface area contributed by atoms with Crippen LogP contribution < -0.4 is 5.32 Å². The first-order valence-corrected chi connectivity index (χ1v) is 7.48. The highest BCUT2D eigenvalue weighted by Gasteiger charge is 2.19. The second kappa shape index (κ2) is 5.12. The van der Waals surface area contributed by atoms with Gasteiger partial charge in [0, 0.05) is 33.2 Å². The van der Waals surface area contributed by atoms with Crippen LogP contribution in [0.4, 0.5) is 5.69 Å². The molecule has 102 valence electrons. The van der Waals surface area contributed by atoms with Gasteiger partial charge in [-0.05, 0) is 47.5 Å². The molecule has 0 radical (unpaired) electrons. The van der Waals surface area contributed by atoms with Gasteiger partial charge in [-0.15, -0.1) is 0 Å². The summed E-state index contributed by atoms with van der Waals surface area (Å²) in [7, 11) is 0. The molecule has 0 aliphatic rings. The van der Waals surface area contributed by atoms with Gasteiger partial charge < -0.3 is 5.32 Å². The fourth-order valence-electron chi connectivity index (χ4n) is 2.19. The average molecular weight is 321 g/mol. The quantitative estimate of drug-likeness (QED) is 0.838. The number of hydrogen-bond donors (Lipinski definition) is 1. The van der Waals surface area contributed by atoms with Gasteiger partial charge in [0.25, 0.3) is 0 Å². The van der Waals surface area contributed by atoms with Crippen molar-refractivity contribution in [2.75, 3.05) is 11.9 Å². The van der Waals surface area contributed by atoms with E-state index in [9.17, 15) is 0 Å². The van der Waals surface area contributed by atoms with Crippen LogP contribution in [0.2, 0.25) is 0 Å². The first-order chi connectivity index (χ1) is 8.84. The highest BCUT2D eigenvalue weighted by Crippen LogP contribution is 2.34. The van der Waals surface area contributed by atoms with Crippen LogP contribution in [0, 0.1) is 6.92 Å². The molecule has 0 saturated carbocycles. The van der Waals surface area contributed by atoms with E-state index < -0.39 is 0 Å². The summed E-state index contributed by atoms with van der Waals surface area (Å²) in [6.45, 7) is 11.8. The predicted molar refractivity (Wildman–Crippen MR) is 87.0 cm³/mol. The lowest BCUT2D eigenvalue weighted by atomic mass is 9.90. The molecule has 3 heteroatoms. The predicted octanol–water partition coefficient (Wildman–Crippen LogP) is 5.04. The van der Waals surface area contributed by atoms with Crippen LogP contribution in [0.1, 0.15) is 39.0 Å². The minimum atomic E-state index is 0.0432. The molecule has 0 atom stereocenters. The minimum absolute atomic E-state index is 0.0432. The summed E-state index contributed by atoms with van der Waals surface area (Å²) in [5.41, 5.74) is 4.63. The smallest absolute Gasteiger partial charge is 0.0870 e. The highest BCUT2D eigenvalue weighted by atomic mass is 79.9. The van der Waals surface area contributed by atoms with E-state index in [0.29, 0.717) is 0 Å². The zero-order valence-electron chi connectivity index (χ0n) is 12.3. The Labute approximate surface area is 123 Å². The van der Waals surface area contributed by atoms with Crippen LogP contribution in [0.3, 0.4) is 0 Å². The molecular formula is C16H21BrN2. The molecule has 0 amide bonds. The normalized spacial score (nSPS) is 11.9. The molecule has 1 aromatic heterocycles. The van der Waals surface area contributed by atoms with E-state index in [0.717, 1.165) is 22.2 Å². The number of rotatable bonds is 2. The Hall–Kier alpha value is -1.09. The monoisotopic (exact) mass is 320 g/mol. The van der Waals surface area contributed by atoms with Crippen LogP contribution >= 0.6 is 15.9 Å². The third-order valence-electron chi connectivity index (χ3n) is 3.26. The summed E-state index contributed by atoms with van der Waals surface area (Å²) in [5, 5.41) is 4.68. The Bertz CT molecular complexity index is 612. The number of aromatic nitrogens is 1. The number of hydrogen-bond acceptors (Lipinski definition) is 2. The Balaban J connectivity index is 2.83. The van der Waals surface area contributed by atoms with Crippen molar-refractivity contribution in [3.63, 3.8) is 0 Å². The van der Waals surface area contributed by atoms with Crippen molar-refractivity contribution >= 4 is 32.5 Å². The maximum absolute atomic E-state index is 4.86. The fraction of sp³-hybridized carbons (Fsp3) is 0.438. The number of fused-ring (bicyclic) bond motifs is 1. The Morgan fingerprint density at radius 2 is 1.95 bits per heavy atom. The van der Waals surface area contributed by atoms with Crippen molar-refractivity contribution in [1.82, 2.24) is 4.98 Å². The van der Waals surface area contributed by atoms with Crippen molar-refractivity contribution < 1.29 is 0 Å². The largest absolute Gasteiger partial charge is 0.385 e. The lowest BCUT2D eigenvalue weighted by molar-refractivity contribution is 0.571. The van der Waals surface area contributed by atoms with E-state index in [2.05, 4.69) is 74.1 Å². The topological polar surface area (TPSA) is 24.9 Å². The van der Waals surface area contributed by atoms with Crippen LogP contribution in [0.25, 0.3) is 10.9 Å². The molecule has 2 aromatic rings. The summed E-state index contributed by atoms with van der Waals surface area (Å²) in [5.74, 6) is 0. The van der Waals surface area contributed by atoms with Gasteiger partial charge in [0.1, 0.15) is 0 Å². The number of nitrogens with zero attached hydrogens (tertiary/aromatic N) is 1. The first-order valence-electron chi connectivity index (χ1n) is 6.68. The SMILES string of the molecule is CCNc1cc(C(C)(C)C)nc2c(Br)ccc(C)c12. The van der Waals surface area contributed by atoms with Crippen molar-refractivity contribution in [3.8, 4) is 0 Å². The second-order valence-corrected chi connectivity index (χ2v) is 6.78. The summed E-state index contributed by atoms with van der Waals surface area (Å²) < 4.78 is 1.05. The van der Waals surface area contributed by atoms with E-state index in [1.54, 1.807) is 0 Å². The molecule has 1 heterocycles. The Morgan fingerprint density at radius 3 is 2.53 bits per heavy atom. The van der Waals surface area contributed by atoms with E-state index in [1.807, 2.05) is 0 Å². The summed E-state index contributed by atoms with van der Waals surface area (Å²) in [6.07, 6.45) is 0. The molecule has 19 heavy (non-hydrogen) atoms. The number of benzene rings is 1. The molecule has 0 spiro atoms. The first kappa shape index (κ1) is 14.3. The molecule has 1 N–H and O–H groups in total. The van der Waals surface area contributed by atoms with Crippen molar-refractivity contribution in [2.24, 2.45) is 0 Å². The van der Waals surface area contributed by atoms with Gasteiger partial charge in [-0.1, -0.05) is 26.8 Å². The minimum Gasteiger partial charge on any atom is -0.385 e. The van der Waals surface area contributed by atoms with Crippen LogP contribution in [-0.4, -0.2) is 11.5 Å². The standard InChI is InChI=1S/C16H21BrN2/c1-6-18-12-9-13(16(3,4)5)19-15-11(17)8-7-10(2)14(12)15/h7-9H,6H2,1-5H3,(H,18,19). The summed E-state index contributed by atoms with van der Waals surface area (Å²) in [6, 6.07) is 6.39. The third-order valence-corrected chi connectivity index (χ3v) is 3.90. The number of aryl methyl sites for hydroxylation is 1. The van der Waals surface area contributed by atoms with Crippen LogP contribution in [-0.2, 0) is 5.41 Å². The molecular weight excluding hydrogens is 300 g/mol. The van der Waals surface area contributed by atoms with Gasteiger partial charge in [0.15, 0.2) is 0 Å². The average Bonchev–Trinajstić information content (AvgIpc) is 2.33. The van der Waals surface area contributed by atoms with Crippen molar-refractivity contribution in [3.05, 3.63) is 33.9 Å². The Kier molecular flexibility index (Phi) is 3.86. The zero-order valence-corrected chi connectivity index (χ0v) is 13.9. The van der Waals surface area contributed by atoms with Crippen molar-refractivity contribution in [1.29, 1.82) is 0 Å². The second-order valence-electron chi connectivity index (χ2n) is 5.92. The lowest BCUT2D eigenvalue weighted by Crippen LogP contribution is -2.14. The fourth-order valence-corrected chi connectivity index (χ4v) is 2.61.